The van der Waals surface area contributed by atoms with E-state index in [1.54, 1.807) is 42.5 Å². The molecule has 1 fully saturated rings. The summed E-state index contributed by atoms with van der Waals surface area (Å²) in [4.78, 5) is 41.9. The monoisotopic (exact) mass is 406 g/mol. The summed E-state index contributed by atoms with van der Waals surface area (Å²) in [5, 5.41) is 0. The maximum atomic E-state index is 13.0. The smallest absolute Gasteiger partial charge is 0.266 e. The summed E-state index contributed by atoms with van der Waals surface area (Å²) in [6, 6.07) is 11.7. The number of hydrogen-bond donors (Lipinski definition) is 0. The van der Waals surface area contributed by atoms with Crippen molar-refractivity contribution >= 4 is 23.4 Å². The molecule has 4 rings (SSSR count). The van der Waals surface area contributed by atoms with Crippen molar-refractivity contribution in [3.63, 3.8) is 0 Å². The van der Waals surface area contributed by atoms with E-state index in [4.69, 9.17) is 4.74 Å². The maximum Gasteiger partial charge on any atom is 0.266 e. The minimum atomic E-state index is -0.408. The second-order valence-corrected chi connectivity index (χ2v) is 8.29. The molecule has 6 heteroatoms. The molecule has 6 nitrogen and oxygen atoms in total. The summed E-state index contributed by atoms with van der Waals surface area (Å²) < 4.78 is 5.42. The van der Waals surface area contributed by atoms with Gasteiger partial charge in [0, 0.05) is 18.7 Å². The average molecular weight is 406 g/mol. The number of carbonyl (C=O) groups is 3. The Morgan fingerprint density at radius 1 is 0.967 bits per heavy atom. The number of rotatable bonds is 4. The van der Waals surface area contributed by atoms with E-state index in [0.29, 0.717) is 54.1 Å². The van der Waals surface area contributed by atoms with E-state index in [9.17, 15) is 14.4 Å². The molecule has 2 aromatic rings. The highest BCUT2D eigenvalue weighted by Gasteiger charge is 2.37. The second kappa shape index (κ2) is 7.94. The molecule has 0 radical (unpaired) electrons. The standard InChI is InChI=1S/C24H26N2O4/c1-4-30-19-8-6-18(7-9-19)26-23(28)20-10-5-17(12-21(20)24(26)29)22(27)25-13-15(2)11-16(3)14-25/h5-10,12,15-16H,4,11,13-14H2,1-3H3. The first kappa shape index (κ1) is 20.1. The number of likely N-dealkylation sites (tertiary alicyclic amines) is 1. The average Bonchev–Trinajstić information content (AvgIpc) is 2.97. The Bertz CT molecular complexity index is 989. The van der Waals surface area contributed by atoms with E-state index in [0.717, 1.165) is 11.3 Å². The van der Waals surface area contributed by atoms with Gasteiger partial charge < -0.3 is 9.64 Å². The van der Waals surface area contributed by atoms with Gasteiger partial charge in [-0.3, -0.25) is 14.4 Å². The zero-order valence-corrected chi connectivity index (χ0v) is 17.6. The number of fused-ring (bicyclic) bond motifs is 1. The number of nitrogens with zero attached hydrogens (tertiary/aromatic N) is 2. The summed E-state index contributed by atoms with van der Waals surface area (Å²) in [6.45, 7) is 8.15. The van der Waals surface area contributed by atoms with Gasteiger partial charge in [-0.05, 0) is 67.6 Å². The number of amides is 3. The predicted octanol–water partition coefficient (Wildman–Crippen LogP) is 4.00. The van der Waals surface area contributed by atoms with Gasteiger partial charge in [0.05, 0.1) is 23.4 Å². The number of anilines is 1. The first-order chi connectivity index (χ1) is 14.4. The molecule has 0 saturated carbocycles. The third-order valence-corrected chi connectivity index (χ3v) is 5.70. The van der Waals surface area contributed by atoms with Crippen molar-refractivity contribution in [2.45, 2.75) is 27.2 Å². The van der Waals surface area contributed by atoms with Crippen LogP contribution in [0.25, 0.3) is 0 Å². The molecule has 30 heavy (non-hydrogen) atoms. The Labute approximate surface area is 176 Å². The Hall–Kier alpha value is -3.15. The van der Waals surface area contributed by atoms with Crippen molar-refractivity contribution < 1.29 is 19.1 Å². The highest BCUT2D eigenvalue weighted by molar-refractivity contribution is 6.34. The van der Waals surface area contributed by atoms with Crippen molar-refractivity contribution in [2.24, 2.45) is 11.8 Å². The number of imide groups is 1. The van der Waals surface area contributed by atoms with E-state index in [2.05, 4.69) is 13.8 Å². The number of carbonyl (C=O) groups excluding carboxylic acids is 3. The van der Waals surface area contributed by atoms with Gasteiger partial charge in [0.2, 0.25) is 0 Å². The minimum Gasteiger partial charge on any atom is -0.494 e. The van der Waals surface area contributed by atoms with Crippen molar-refractivity contribution in [3.05, 3.63) is 59.2 Å². The summed E-state index contributed by atoms with van der Waals surface area (Å²) >= 11 is 0. The lowest BCUT2D eigenvalue weighted by atomic mass is 9.91. The molecule has 0 N–H and O–H groups in total. The lowest BCUT2D eigenvalue weighted by Gasteiger charge is -2.35. The highest BCUT2D eigenvalue weighted by atomic mass is 16.5. The van der Waals surface area contributed by atoms with Gasteiger partial charge in [-0.25, -0.2) is 4.90 Å². The number of piperidine rings is 1. The van der Waals surface area contributed by atoms with Crippen molar-refractivity contribution in [2.75, 3.05) is 24.6 Å². The Balaban J connectivity index is 1.59. The predicted molar refractivity (Wildman–Crippen MR) is 114 cm³/mol. The topological polar surface area (TPSA) is 66.9 Å². The second-order valence-electron chi connectivity index (χ2n) is 8.29. The van der Waals surface area contributed by atoms with Crippen LogP contribution in [-0.2, 0) is 0 Å². The number of hydrogen-bond acceptors (Lipinski definition) is 4. The van der Waals surface area contributed by atoms with Gasteiger partial charge in [0.25, 0.3) is 17.7 Å². The molecule has 2 heterocycles. The molecule has 2 unspecified atom stereocenters. The van der Waals surface area contributed by atoms with Crippen LogP contribution in [0.4, 0.5) is 5.69 Å². The fourth-order valence-corrected chi connectivity index (χ4v) is 4.48. The molecule has 0 aromatic heterocycles. The van der Waals surface area contributed by atoms with Gasteiger partial charge in [0.1, 0.15) is 5.75 Å². The van der Waals surface area contributed by atoms with E-state index >= 15 is 0 Å². The molecule has 2 atom stereocenters. The quantitative estimate of drug-likeness (QED) is 0.720. The summed E-state index contributed by atoms with van der Waals surface area (Å²) in [7, 11) is 0. The van der Waals surface area contributed by atoms with E-state index in [-0.39, 0.29) is 17.4 Å². The number of benzene rings is 2. The molecule has 0 aliphatic carbocycles. The van der Waals surface area contributed by atoms with Crippen LogP contribution in [-0.4, -0.2) is 42.3 Å². The SMILES string of the molecule is CCOc1ccc(N2C(=O)c3ccc(C(=O)N4CC(C)CC(C)C4)cc3C2=O)cc1. The fraction of sp³-hybridized carbons (Fsp3) is 0.375. The maximum absolute atomic E-state index is 13.0. The van der Waals surface area contributed by atoms with Crippen molar-refractivity contribution in [1.29, 1.82) is 0 Å². The third-order valence-electron chi connectivity index (χ3n) is 5.70. The normalized spacial score (nSPS) is 21.0. The molecule has 0 spiro atoms. The van der Waals surface area contributed by atoms with E-state index < -0.39 is 5.91 Å². The Kier molecular flexibility index (Phi) is 5.33. The first-order valence-electron chi connectivity index (χ1n) is 10.4. The zero-order chi connectivity index (χ0) is 21.4. The summed E-state index contributed by atoms with van der Waals surface area (Å²) in [5.74, 6) is 0.704. The largest absolute Gasteiger partial charge is 0.494 e. The van der Waals surface area contributed by atoms with Crippen LogP contribution in [0, 0.1) is 11.8 Å². The Morgan fingerprint density at radius 3 is 2.23 bits per heavy atom. The molecule has 1 saturated heterocycles. The molecule has 2 aliphatic heterocycles. The zero-order valence-electron chi connectivity index (χ0n) is 17.6. The summed E-state index contributed by atoms with van der Waals surface area (Å²) in [6.07, 6.45) is 1.11. The molecular formula is C24H26N2O4. The van der Waals surface area contributed by atoms with Crippen LogP contribution < -0.4 is 9.64 Å². The van der Waals surface area contributed by atoms with Gasteiger partial charge in [-0.15, -0.1) is 0 Å². The lowest BCUT2D eigenvalue weighted by molar-refractivity contribution is 0.0623. The van der Waals surface area contributed by atoms with Crippen molar-refractivity contribution in [3.8, 4) is 5.75 Å². The van der Waals surface area contributed by atoms with E-state index in [1.165, 1.54) is 0 Å². The van der Waals surface area contributed by atoms with Crippen LogP contribution in [0.15, 0.2) is 42.5 Å². The Morgan fingerprint density at radius 2 is 1.60 bits per heavy atom. The summed E-state index contributed by atoms with van der Waals surface area (Å²) in [5.41, 5.74) is 1.53. The van der Waals surface area contributed by atoms with Gasteiger partial charge in [0.15, 0.2) is 0 Å². The van der Waals surface area contributed by atoms with Crippen LogP contribution >= 0.6 is 0 Å². The van der Waals surface area contributed by atoms with Gasteiger partial charge in [-0.2, -0.15) is 0 Å². The number of ether oxygens (including phenoxy) is 1. The fourth-order valence-electron chi connectivity index (χ4n) is 4.48. The molecule has 2 aromatic carbocycles. The van der Waals surface area contributed by atoms with Crippen molar-refractivity contribution in [1.82, 2.24) is 4.90 Å². The molecule has 3 amide bonds. The van der Waals surface area contributed by atoms with Crippen LogP contribution in [0.5, 0.6) is 5.75 Å². The third kappa shape index (κ3) is 3.58. The van der Waals surface area contributed by atoms with Crippen LogP contribution in [0.1, 0.15) is 58.3 Å². The molecular weight excluding hydrogens is 380 g/mol. The lowest BCUT2D eigenvalue weighted by Crippen LogP contribution is -2.42. The first-order valence-corrected chi connectivity index (χ1v) is 10.4. The molecule has 2 aliphatic rings. The van der Waals surface area contributed by atoms with Gasteiger partial charge >= 0.3 is 0 Å². The molecule has 0 bridgehead atoms. The molecule has 156 valence electrons. The highest BCUT2D eigenvalue weighted by Crippen LogP contribution is 2.31. The van der Waals surface area contributed by atoms with Crippen LogP contribution in [0.2, 0.25) is 0 Å². The van der Waals surface area contributed by atoms with Crippen LogP contribution in [0.3, 0.4) is 0 Å². The van der Waals surface area contributed by atoms with Gasteiger partial charge in [-0.1, -0.05) is 13.8 Å². The minimum absolute atomic E-state index is 0.0871. The van der Waals surface area contributed by atoms with E-state index in [1.807, 2.05) is 11.8 Å².